The molecule has 0 aromatic carbocycles. The average molecular weight is 267 g/mol. The number of carbonyl (C=O) groups excluding carboxylic acids is 2. The second-order valence-corrected chi connectivity index (χ2v) is 5.41. The molecular weight excluding hydrogens is 246 g/mol. The van der Waals surface area contributed by atoms with Crippen molar-refractivity contribution in [2.24, 2.45) is 0 Å². The maximum atomic E-state index is 11.7. The zero-order chi connectivity index (χ0) is 14.5. The monoisotopic (exact) mass is 267 g/mol. The van der Waals surface area contributed by atoms with Gasteiger partial charge in [-0.05, 0) is 27.2 Å². The van der Waals surface area contributed by atoms with Crippen LogP contribution in [0.3, 0.4) is 0 Å². The van der Waals surface area contributed by atoms with Gasteiger partial charge in [-0.15, -0.1) is 0 Å². The summed E-state index contributed by atoms with van der Waals surface area (Å²) in [5, 5.41) is 4.04. The van der Waals surface area contributed by atoms with Crippen molar-refractivity contribution in [3.8, 4) is 0 Å². The SMILES string of the molecule is CN(CCCn1cc(C=O)cn1)C(=O)OC(C)(C)C. The van der Waals surface area contributed by atoms with Gasteiger partial charge in [0.25, 0.3) is 0 Å². The van der Waals surface area contributed by atoms with E-state index in [1.54, 1.807) is 17.9 Å². The molecule has 1 amide bonds. The molecule has 0 radical (unpaired) electrons. The third-order valence-electron chi connectivity index (χ3n) is 2.38. The maximum Gasteiger partial charge on any atom is 0.410 e. The van der Waals surface area contributed by atoms with Crippen LogP contribution in [0.1, 0.15) is 37.6 Å². The van der Waals surface area contributed by atoms with Gasteiger partial charge in [0, 0.05) is 26.3 Å². The number of nitrogens with zero attached hydrogens (tertiary/aromatic N) is 3. The van der Waals surface area contributed by atoms with E-state index < -0.39 is 5.60 Å². The van der Waals surface area contributed by atoms with Crippen LogP contribution in [-0.4, -0.2) is 46.3 Å². The summed E-state index contributed by atoms with van der Waals surface area (Å²) in [4.78, 5) is 23.7. The molecule has 0 N–H and O–H groups in total. The van der Waals surface area contributed by atoms with E-state index >= 15 is 0 Å². The Morgan fingerprint density at radius 2 is 2.21 bits per heavy atom. The molecule has 0 aliphatic heterocycles. The van der Waals surface area contributed by atoms with Crippen LogP contribution in [0.2, 0.25) is 0 Å². The van der Waals surface area contributed by atoms with Crippen LogP contribution >= 0.6 is 0 Å². The fourth-order valence-electron chi connectivity index (χ4n) is 1.46. The predicted molar refractivity (Wildman–Crippen MR) is 71.1 cm³/mol. The van der Waals surface area contributed by atoms with E-state index in [4.69, 9.17) is 4.74 Å². The molecule has 19 heavy (non-hydrogen) atoms. The highest BCUT2D eigenvalue weighted by Crippen LogP contribution is 2.09. The number of aromatic nitrogens is 2. The minimum Gasteiger partial charge on any atom is -0.444 e. The van der Waals surface area contributed by atoms with Crippen LogP contribution in [0.5, 0.6) is 0 Å². The van der Waals surface area contributed by atoms with Crippen LogP contribution in [0.25, 0.3) is 0 Å². The first kappa shape index (κ1) is 15.2. The molecule has 0 unspecified atom stereocenters. The summed E-state index contributed by atoms with van der Waals surface area (Å²) < 4.78 is 6.93. The Bertz CT molecular complexity index is 435. The second-order valence-electron chi connectivity index (χ2n) is 5.41. The normalized spacial score (nSPS) is 11.2. The molecule has 0 aliphatic rings. The van der Waals surface area contributed by atoms with E-state index in [0.717, 1.165) is 12.7 Å². The van der Waals surface area contributed by atoms with Crippen molar-refractivity contribution in [3.05, 3.63) is 18.0 Å². The molecule has 6 heteroatoms. The van der Waals surface area contributed by atoms with Gasteiger partial charge in [0.15, 0.2) is 6.29 Å². The molecule has 0 aliphatic carbocycles. The van der Waals surface area contributed by atoms with Gasteiger partial charge in [0.1, 0.15) is 5.60 Å². The van der Waals surface area contributed by atoms with Crippen molar-refractivity contribution in [2.75, 3.05) is 13.6 Å². The van der Waals surface area contributed by atoms with Crippen LogP contribution in [-0.2, 0) is 11.3 Å². The lowest BCUT2D eigenvalue weighted by Crippen LogP contribution is -2.35. The summed E-state index contributed by atoms with van der Waals surface area (Å²) in [7, 11) is 1.70. The standard InChI is InChI=1S/C13H21N3O3/c1-13(2,3)19-12(18)15(4)6-5-7-16-9-11(10-17)8-14-16/h8-10H,5-7H2,1-4H3. The lowest BCUT2D eigenvalue weighted by Gasteiger charge is -2.24. The topological polar surface area (TPSA) is 64.4 Å². The molecule has 106 valence electrons. The van der Waals surface area contributed by atoms with Gasteiger partial charge < -0.3 is 9.64 Å². The molecular formula is C13H21N3O3. The van der Waals surface area contributed by atoms with Gasteiger partial charge in [-0.2, -0.15) is 5.10 Å². The van der Waals surface area contributed by atoms with Gasteiger partial charge >= 0.3 is 6.09 Å². The Kier molecular flexibility index (Phi) is 5.09. The van der Waals surface area contributed by atoms with Crippen LogP contribution in [0.4, 0.5) is 4.79 Å². The number of aryl methyl sites for hydroxylation is 1. The summed E-state index contributed by atoms with van der Waals surface area (Å²) >= 11 is 0. The molecule has 0 bridgehead atoms. The van der Waals surface area contributed by atoms with Crippen molar-refractivity contribution >= 4 is 12.4 Å². The smallest absolute Gasteiger partial charge is 0.410 e. The Balaban J connectivity index is 2.32. The largest absolute Gasteiger partial charge is 0.444 e. The number of rotatable bonds is 5. The van der Waals surface area contributed by atoms with Gasteiger partial charge in [-0.3, -0.25) is 9.48 Å². The number of ether oxygens (including phenoxy) is 1. The lowest BCUT2D eigenvalue weighted by molar-refractivity contribution is 0.0295. The number of aldehydes is 1. The molecule has 1 heterocycles. The van der Waals surface area contributed by atoms with E-state index in [9.17, 15) is 9.59 Å². The molecule has 6 nitrogen and oxygen atoms in total. The van der Waals surface area contributed by atoms with Crippen LogP contribution in [0, 0.1) is 0 Å². The zero-order valence-electron chi connectivity index (χ0n) is 11.9. The van der Waals surface area contributed by atoms with Crippen molar-refractivity contribution in [2.45, 2.75) is 39.3 Å². The quantitative estimate of drug-likeness (QED) is 0.765. The summed E-state index contributed by atoms with van der Waals surface area (Å²) in [5.74, 6) is 0. The molecule has 0 saturated carbocycles. The summed E-state index contributed by atoms with van der Waals surface area (Å²) in [6.45, 7) is 6.74. The van der Waals surface area contributed by atoms with Crippen molar-refractivity contribution in [1.29, 1.82) is 0 Å². The Morgan fingerprint density at radius 1 is 1.53 bits per heavy atom. The van der Waals surface area contributed by atoms with Crippen molar-refractivity contribution in [3.63, 3.8) is 0 Å². The first-order chi connectivity index (χ1) is 8.81. The molecule has 1 aromatic rings. The van der Waals surface area contributed by atoms with Gasteiger partial charge in [-0.25, -0.2) is 4.79 Å². The van der Waals surface area contributed by atoms with Crippen LogP contribution < -0.4 is 0 Å². The Hall–Kier alpha value is -1.85. The van der Waals surface area contributed by atoms with Gasteiger partial charge in [0.05, 0.1) is 11.8 Å². The highest BCUT2D eigenvalue weighted by molar-refractivity contribution is 5.73. The maximum absolute atomic E-state index is 11.7. The Morgan fingerprint density at radius 3 is 2.74 bits per heavy atom. The minimum atomic E-state index is -0.480. The van der Waals surface area contributed by atoms with Gasteiger partial charge in [-0.1, -0.05) is 0 Å². The third-order valence-corrected chi connectivity index (χ3v) is 2.38. The molecule has 0 fully saturated rings. The number of carbonyl (C=O) groups is 2. The van der Waals surface area contributed by atoms with E-state index in [0.29, 0.717) is 18.7 Å². The zero-order valence-corrected chi connectivity index (χ0v) is 11.9. The average Bonchev–Trinajstić information content (AvgIpc) is 2.74. The van der Waals surface area contributed by atoms with E-state index in [-0.39, 0.29) is 6.09 Å². The fourth-order valence-corrected chi connectivity index (χ4v) is 1.46. The van der Waals surface area contributed by atoms with E-state index in [1.807, 2.05) is 20.8 Å². The summed E-state index contributed by atoms with van der Waals surface area (Å²) in [5.41, 5.74) is 0.0760. The molecule has 1 aromatic heterocycles. The van der Waals surface area contributed by atoms with Crippen LogP contribution in [0.15, 0.2) is 12.4 Å². The molecule has 1 rings (SSSR count). The number of amides is 1. The lowest BCUT2D eigenvalue weighted by atomic mass is 10.2. The highest BCUT2D eigenvalue weighted by Gasteiger charge is 2.19. The number of hydrogen-bond donors (Lipinski definition) is 0. The first-order valence-electron chi connectivity index (χ1n) is 6.23. The molecule has 0 saturated heterocycles. The van der Waals surface area contributed by atoms with Gasteiger partial charge in [0.2, 0.25) is 0 Å². The summed E-state index contributed by atoms with van der Waals surface area (Å²) in [6.07, 6.45) is 4.37. The Labute approximate surface area is 113 Å². The van der Waals surface area contributed by atoms with E-state index in [1.165, 1.54) is 11.1 Å². The molecule has 0 spiro atoms. The fraction of sp³-hybridized carbons (Fsp3) is 0.615. The molecule has 0 atom stereocenters. The minimum absolute atomic E-state index is 0.332. The predicted octanol–water partition coefficient (Wildman–Crippen LogP) is 1.95. The highest BCUT2D eigenvalue weighted by atomic mass is 16.6. The van der Waals surface area contributed by atoms with E-state index in [2.05, 4.69) is 5.10 Å². The van der Waals surface area contributed by atoms with Crippen molar-refractivity contribution < 1.29 is 14.3 Å². The van der Waals surface area contributed by atoms with Crippen molar-refractivity contribution in [1.82, 2.24) is 14.7 Å². The third kappa shape index (κ3) is 5.54. The first-order valence-corrected chi connectivity index (χ1v) is 6.23. The second kappa shape index (κ2) is 6.36. The number of hydrogen-bond acceptors (Lipinski definition) is 4. The summed E-state index contributed by atoms with van der Waals surface area (Å²) in [6, 6.07) is 0.